The maximum Gasteiger partial charge on any atom is 0.410 e. The van der Waals surface area contributed by atoms with E-state index in [0.29, 0.717) is 13.0 Å². The summed E-state index contributed by atoms with van der Waals surface area (Å²) in [6.45, 7) is 6.12. The van der Waals surface area contributed by atoms with Gasteiger partial charge in [-0.05, 0) is 44.9 Å². The molecule has 5 heteroatoms. The average molecular weight is 354 g/mol. The van der Waals surface area contributed by atoms with Crippen LogP contribution in [0.15, 0.2) is 28.7 Å². The predicted octanol–water partition coefficient (Wildman–Crippen LogP) is 3.74. The van der Waals surface area contributed by atoms with Gasteiger partial charge in [-0.15, -0.1) is 0 Å². The molecule has 1 aliphatic heterocycles. The van der Waals surface area contributed by atoms with E-state index < -0.39 is 11.7 Å². The number of Topliss-reactive ketones (excluding diaryl/α,β-unsaturated/α-hetero) is 1. The first-order chi connectivity index (χ1) is 9.76. The van der Waals surface area contributed by atoms with Gasteiger partial charge in [-0.3, -0.25) is 4.79 Å². The topological polar surface area (TPSA) is 46.6 Å². The number of likely N-dealkylation sites (tertiary alicyclic amines) is 1. The van der Waals surface area contributed by atoms with Crippen molar-refractivity contribution in [2.75, 3.05) is 13.1 Å². The molecular formula is C16H20BrNO3. The quantitative estimate of drug-likeness (QED) is 0.772. The third kappa shape index (κ3) is 4.30. The van der Waals surface area contributed by atoms with Crippen molar-refractivity contribution in [2.24, 2.45) is 0 Å². The average Bonchev–Trinajstić information content (AvgIpc) is 2.36. The molecule has 1 aliphatic rings. The van der Waals surface area contributed by atoms with Crippen molar-refractivity contribution in [1.82, 2.24) is 4.90 Å². The number of rotatable bonds is 1. The van der Waals surface area contributed by atoms with Crippen LogP contribution in [0.1, 0.15) is 38.7 Å². The lowest BCUT2D eigenvalue weighted by molar-refractivity contribution is -0.123. The van der Waals surface area contributed by atoms with Crippen molar-refractivity contribution in [3.8, 4) is 0 Å². The van der Waals surface area contributed by atoms with E-state index in [9.17, 15) is 9.59 Å². The Morgan fingerprint density at radius 2 is 2.10 bits per heavy atom. The van der Waals surface area contributed by atoms with E-state index in [4.69, 9.17) is 4.74 Å². The van der Waals surface area contributed by atoms with Crippen LogP contribution in [-0.2, 0) is 9.53 Å². The SMILES string of the molecule is CC(C)(C)OC(=O)N1CCC(c2cccc(Br)c2)C(=O)C1. The highest BCUT2D eigenvalue weighted by Gasteiger charge is 2.32. The van der Waals surface area contributed by atoms with Crippen LogP contribution in [0.4, 0.5) is 4.79 Å². The van der Waals surface area contributed by atoms with E-state index in [2.05, 4.69) is 15.9 Å². The van der Waals surface area contributed by atoms with Gasteiger partial charge in [0, 0.05) is 16.9 Å². The van der Waals surface area contributed by atoms with Crippen LogP contribution < -0.4 is 0 Å². The Kier molecular flexibility index (Phi) is 4.71. The van der Waals surface area contributed by atoms with Gasteiger partial charge in [-0.1, -0.05) is 28.1 Å². The first kappa shape index (κ1) is 16.0. The van der Waals surface area contributed by atoms with Gasteiger partial charge >= 0.3 is 6.09 Å². The number of hydrogen-bond donors (Lipinski definition) is 0. The molecule has 0 aliphatic carbocycles. The molecule has 1 amide bonds. The summed E-state index contributed by atoms with van der Waals surface area (Å²) in [5.74, 6) is -0.0774. The summed E-state index contributed by atoms with van der Waals surface area (Å²) in [6, 6.07) is 7.78. The third-order valence-corrected chi connectivity index (χ3v) is 3.82. The van der Waals surface area contributed by atoms with Crippen LogP contribution >= 0.6 is 15.9 Å². The van der Waals surface area contributed by atoms with Crippen LogP contribution in [0.5, 0.6) is 0 Å². The smallest absolute Gasteiger partial charge is 0.410 e. The van der Waals surface area contributed by atoms with Crippen molar-refractivity contribution in [1.29, 1.82) is 0 Å². The fourth-order valence-electron chi connectivity index (χ4n) is 2.38. The van der Waals surface area contributed by atoms with Crippen LogP contribution in [0.2, 0.25) is 0 Å². The maximum atomic E-state index is 12.3. The first-order valence-electron chi connectivity index (χ1n) is 7.02. The number of ketones is 1. The lowest BCUT2D eigenvalue weighted by atomic mass is 9.88. The summed E-state index contributed by atoms with van der Waals surface area (Å²) >= 11 is 3.42. The molecule has 0 N–H and O–H groups in total. The molecule has 114 valence electrons. The molecule has 1 unspecified atom stereocenters. The van der Waals surface area contributed by atoms with Gasteiger partial charge < -0.3 is 9.64 Å². The zero-order valence-corrected chi connectivity index (χ0v) is 14.1. The Bertz CT molecular complexity index is 551. The number of halogens is 1. The highest BCUT2D eigenvalue weighted by atomic mass is 79.9. The van der Waals surface area contributed by atoms with Gasteiger partial charge in [0.2, 0.25) is 0 Å². The molecule has 0 radical (unpaired) electrons. The molecular weight excluding hydrogens is 334 g/mol. The van der Waals surface area contributed by atoms with Crippen molar-refractivity contribution in [3.63, 3.8) is 0 Å². The Morgan fingerprint density at radius 3 is 2.67 bits per heavy atom. The van der Waals surface area contributed by atoms with Gasteiger partial charge in [-0.2, -0.15) is 0 Å². The summed E-state index contributed by atoms with van der Waals surface area (Å²) in [5, 5.41) is 0. The molecule has 2 rings (SSSR count). The minimum absolute atomic E-state index is 0.0604. The Hall–Kier alpha value is -1.36. The molecule has 0 aromatic heterocycles. The second-order valence-electron chi connectivity index (χ2n) is 6.26. The Balaban J connectivity index is 2.03. The summed E-state index contributed by atoms with van der Waals surface area (Å²) in [4.78, 5) is 25.8. The van der Waals surface area contributed by atoms with E-state index in [-0.39, 0.29) is 18.2 Å². The lowest BCUT2D eigenvalue weighted by Gasteiger charge is -2.32. The van der Waals surface area contributed by atoms with Gasteiger partial charge in [-0.25, -0.2) is 4.79 Å². The number of nitrogens with zero attached hydrogens (tertiary/aromatic N) is 1. The zero-order valence-electron chi connectivity index (χ0n) is 12.6. The highest BCUT2D eigenvalue weighted by Crippen LogP contribution is 2.28. The van der Waals surface area contributed by atoms with Crippen LogP contribution in [0.3, 0.4) is 0 Å². The molecule has 1 aromatic rings. The normalized spacial score (nSPS) is 19.5. The molecule has 1 atom stereocenters. The minimum atomic E-state index is -0.540. The molecule has 21 heavy (non-hydrogen) atoms. The van der Waals surface area contributed by atoms with E-state index in [1.54, 1.807) is 0 Å². The molecule has 0 saturated carbocycles. The Labute approximate surface area is 133 Å². The largest absolute Gasteiger partial charge is 0.444 e. The van der Waals surface area contributed by atoms with Crippen molar-refractivity contribution in [2.45, 2.75) is 38.7 Å². The molecule has 1 aromatic carbocycles. The Morgan fingerprint density at radius 1 is 1.38 bits per heavy atom. The fourth-order valence-corrected chi connectivity index (χ4v) is 2.80. The number of piperidine rings is 1. The number of hydrogen-bond acceptors (Lipinski definition) is 3. The van der Waals surface area contributed by atoms with Crippen LogP contribution in [0.25, 0.3) is 0 Å². The third-order valence-electron chi connectivity index (χ3n) is 3.33. The standard InChI is InChI=1S/C16H20BrNO3/c1-16(2,3)21-15(20)18-8-7-13(14(19)10-18)11-5-4-6-12(17)9-11/h4-6,9,13H,7-8,10H2,1-3H3. The van der Waals surface area contributed by atoms with Gasteiger partial charge in [0.25, 0.3) is 0 Å². The second kappa shape index (κ2) is 6.18. The second-order valence-corrected chi connectivity index (χ2v) is 7.18. The molecule has 1 heterocycles. The van der Waals surface area contributed by atoms with Gasteiger partial charge in [0.05, 0.1) is 6.54 Å². The van der Waals surface area contributed by atoms with E-state index in [1.807, 2.05) is 45.0 Å². The van der Waals surface area contributed by atoms with Gasteiger partial charge in [0.15, 0.2) is 5.78 Å². The number of amides is 1. The van der Waals surface area contributed by atoms with E-state index >= 15 is 0 Å². The predicted molar refractivity (Wildman–Crippen MR) is 84.3 cm³/mol. The number of carbonyl (C=O) groups is 2. The van der Waals surface area contributed by atoms with E-state index in [0.717, 1.165) is 10.0 Å². The number of benzene rings is 1. The summed E-state index contributed by atoms with van der Waals surface area (Å²) in [6.07, 6.45) is 0.220. The monoisotopic (exact) mass is 353 g/mol. The fraction of sp³-hybridized carbons (Fsp3) is 0.500. The van der Waals surface area contributed by atoms with Crippen molar-refractivity contribution >= 4 is 27.8 Å². The lowest BCUT2D eigenvalue weighted by Crippen LogP contribution is -2.45. The van der Waals surface area contributed by atoms with Crippen LogP contribution in [-0.4, -0.2) is 35.5 Å². The minimum Gasteiger partial charge on any atom is -0.444 e. The molecule has 1 saturated heterocycles. The van der Waals surface area contributed by atoms with E-state index in [1.165, 1.54) is 4.90 Å². The van der Waals surface area contributed by atoms with Crippen LogP contribution in [0, 0.1) is 0 Å². The summed E-state index contributed by atoms with van der Waals surface area (Å²) in [5.41, 5.74) is 0.458. The number of carbonyl (C=O) groups excluding carboxylic acids is 2. The maximum absolute atomic E-state index is 12.3. The molecule has 4 nitrogen and oxygen atoms in total. The molecule has 0 bridgehead atoms. The van der Waals surface area contributed by atoms with Crippen molar-refractivity contribution < 1.29 is 14.3 Å². The zero-order chi connectivity index (χ0) is 15.6. The summed E-state index contributed by atoms with van der Waals surface area (Å²) in [7, 11) is 0. The first-order valence-corrected chi connectivity index (χ1v) is 7.82. The molecule has 1 fully saturated rings. The summed E-state index contributed by atoms with van der Waals surface area (Å²) < 4.78 is 6.27. The highest BCUT2D eigenvalue weighted by molar-refractivity contribution is 9.10. The molecule has 0 spiro atoms. The number of ether oxygens (including phenoxy) is 1. The van der Waals surface area contributed by atoms with Crippen molar-refractivity contribution in [3.05, 3.63) is 34.3 Å². The van der Waals surface area contributed by atoms with Gasteiger partial charge in [0.1, 0.15) is 5.60 Å².